The molecule has 1 saturated heterocycles. The molecule has 148 valence electrons. The maximum absolute atomic E-state index is 12.9. The van der Waals surface area contributed by atoms with Crippen molar-refractivity contribution in [2.75, 3.05) is 26.2 Å². The Bertz CT molecular complexity index is 851. The number of aromatic nitrogens is 2. The van der Waals surface area contributed by atoms with Gasteiger partial charge in [-0.05, 0) is 38.0 Å². The summed E-state index contributed by atoms with van der Waals surface area (Å²) in [6.45, 7) is 10.5. The van der Waals surface area contributed by atoms with E-state index in [4.69, 9.17) is 0 Å². The summed E-state index contributed by atoms with van der Waals surface area (Å²) in [6, 6.07) is 7.35. The molecule has 2 aromatic rings. The summed E-state index contributed by atoms with van der Waals surface area (Å²) in [7, 11) is -3.41. The molecule has 2 heterocycles. The van der Waals surface area contributed by atoms with Crippen molar-refractivity contribution in [1.29, 1.82) is 0 Å². The van der Waals surface area contributed by atoms with Gasteiger partial charge in [-0.15, -0.1) is 0 Å². The van der Waals surface area contributed by atoms with E-state index in [9.17, 15) is 8.42 Å². The zero-order valence-corrected chi connectivity index (χ0v) is 17.4. The topological polar surface area (TPSA) is 58.4 Å². The number of rotatable bonds is 7. The lowest BCUT2D eigenvalue weighted by atomic mass is 10.1. The van der Waals surface area contributed by atoms with Crippen LogP contribution in [0, 0.1) is 6.92 Å². The van der Waals surface area contributed by atoms with E-state index in [1.165, 1.54) is 16.8 Å². The third kappa shape index (κ3) is 4.42. The van der Waals surface area contributed by atoms with Gasteiger partial charge < -0.3 is 0 Å². The number of piperazine rings is 1. The molecule has 1 aliphatic heterocycles. The van der Waals surface area contributed by atoms with Gasteiger partial charge >= 0.3 is 0 Å². The van der Waals surface area contributed by atoms with Gasteiger partial charge in [0.25, 0.3) is 0 Å². The molecule has 0 aliphatic carbocycles. The number of sulfonamides is 1. The first kappa shape index (κ1) is 20.0. The van der Waals surface area contributed by atoms with Gasteiger partial charge in [-0.1, -0.05) is 25.5 Å². The van der Waals surface area contributed by atoms with Crippen LogP contribution in [0.25, 0.3) is 0 Å². The highest BCUT2D eigenvalue weighted by molar-refractivity contribution is 7.89. The van der Waals surface area contributed by atoms with E-state index >= 15 is 0 Å². The molecule has 0 N–H and O–H groups in total. The van der Waals surface area contributed by atoms with Crippen LogP contribution in [0.1, 0.15) is 37.1 Å². The Hall–Kier alpha value is -1.70. The zero-order valence-electron chi connectivity index (χ0n) is 16.6. The van der Waals surface area contributed by atoms with Crippen molar-refractivity contribution in [2.45, 2.75) is 51.6 Å². The van der Waals surface area contributed by atoms with Crippen molar-refractivity contribution in [2.24, 2.45) is 0 Å². The van der Waals surface area contributed by atoms with E-state index in [1.54, 1.807) is 16.4 Å². The molecule has 0 saturated carbocycles. The molecule has 6 nitrogen and oxygen atoms in total. The average molecular weight is 391 g/mol. The molecule has 0 unspecified atom stereocenters. The molecule has 0 amide bonds. The van der Waals surface area contributed by atoms with Crippen molar-refractivity contribution in [3.05, 3.63) is 47.3 Å². The highest BCUT2D eigenvalue weighted by Gasteiger charge is 2.28. The van der Waals surface area contributed by atoms with Crippen LogP contribution in [0.15, 0.2) is 35.4 Å². The fourth-order valence-corrected chi connectivity index (χ4v) is 5.02. The summed E-state index contributed by atoms with van der Waals surface area (Å²) in [5.41, 5.74) is 3.60. The minimum atomic E-state index is -3.41. The van der Waals surface area contributed by atoms with Gasteiger partial charge in [0.15, 0.2) is 0 Å². The molecule has 1 fully saturated rings. The fraction of sp³-hybridized carbons (Fsp3) is 0.550. The molecule has 0 spiro atoms. The van der Waals surface area contributed by atoms with Crippen LogP contribution in [-0.2, 0) is 29.5 Å². The molecule has 1 aliphatic rings. The van der Waals surface area contributed by atoms with Crippen LogP contribution in [0.5, 0.6) is 0 Å². The summed E-state index contributed by atoms with van der Waals surface area (Å²) >= 11 is 0. The van der Waals surface area contributed by atoms with E-state index in [0.29, 0.717) is 18.0 Å². The van der Waals surface area contributed by atoms with Gasteiger partial charge in [-0.3, -0.25) is 9.58 Å². The van der Waals surface area contributed by atoms with Gasteiger partial charge in [0.2, 0.25) is 10.0 Å². The maximum atomic E-state index is 12.9. The van der Waals surface area contributed by atoms with Crippen LogP contribution >= 0.6 is 0 Å². The number of hydrogen-bond acceptors (Lipinski definition) is 4. The molecule has 3 rings (SSSR count). The first-order valence-electron chi connectivity index (χ1n) is 9.78. The van der Waals surface area contributed by atoms with Gasteiger partial charge in [0.1, 0.15) is 0 Å². The van der Waals surface area contributed by atoms with Crippen LogP contribution in [0.3, 0.4) is 0 Å². The van der Waals surface area contributed by atoms with Crippen LogP contribution in [-0.4, -0.2) is 53.6 Å². The van der Waals surface area contributed by atoms with Crippen molar-refractivity contribution < 1.29 is 8.42 Å². The normalized spacial score (nSPS) is 16.7. The maximum Gasteiger partial charge on any atom is 0.243 e. The Labute approximate surface area is 162 Å². The molecule has 7 heteroatoms. The molecular formula is C20H30N4O2S. The first-order chi connectivity index (χ1) is 13.0. The largest absolute Gasteiger partial charge is 0.296 e. The summed E-state index contributed by atoms with van der Waals surface area (Å²) in [5.74, 6) is 0. The second-order valence-corrected chi connectivity index (χ2v) is 9.08. The fourth-order valence-electron chi connectivity index (χ4n) is 3.59. The summed E-state index contributed by atoms with van der Waals surface area (Å²) < 4.78 is 29.4. The summed E-state index contributed by atoms with van der Waals surface area (Å²) in [4.78, 5) is 2.70. The van der Waals surface area contributed by atoms with Crippen molar-refractivity contribution in [3.63, 3.8) is 0 Å². The Balaban J connectivity index is 1.61. The molecule has 0 radical (unpaired) electrons. The smallest absolute Gasteiger partial charge is 0.243 e. The monoisotopic (exact) mass is 390 g/mol. The minimum Gasteiger partial charge on any atom is -0.296 e. The van der Waals surface area contributed by atoms with E-state index in [1.807, 2.05) is 23.0 Å². The summed E-state index contributed by atoms with van der Waals surface area (Å²) in [6.07, 6.45) is 3.97. The van der Waals surface area contributed by atoms with Gasteiger partial charge in [-0.2, -0.15) is 9.40 Å². The number of benzene rings is 1. The van der Waals surface area contributed by atoms with Crippen molar-refractivity contribution >= 4 is 10.0 Å². The standard InChI is InChI=1S/C20H30N4O2S/c1-4-6-18-7-9-20(10-8-18)27(25,26)23-13-11-22(12-14-23)16-19-15-21-24(5-2)17(19)3/h7-10,15H,4-6,11-14,16H2,1-3H3. The Morgan fingerprint density at radius 3 is 2.26 bits per heavy atom. The number of aryl methyl sites for hydroxylation is 2. The predicted octanol–water partition coefficient (Wildman–Crippen LogP) is 2.67. The van der Waals surface area contributed by atoms with E-state index in [2.05, 4.69) is 30.8 Å². The highest BCUT2D eigenvalue weighted by atomic mass is 32.2. The third-order valence-electron chi connectivity index (χ3n) is 5.33. The second-order valence-electron chi connectivity index (χ2n) is 7.15. The second kappa shape index (κ2) is 8.54. The molecule has 27 heavy (non-hydrogen) atoms. The SMILES string of the molecule is CCCc1ccc(S(=O)(=O)N2CCN(Cc3cnn(CC)c3C)CC2)cc1. The average Bonchev–Trinajstić information content (AvgIpc) is 3.02. The molecule has 0 atom stereocenters. The Morgan fingerprint density at radius 1 is 1.04 bits per heavy atom. The Morgan fingerprint density at radius 2 is 1.70 bits per heavy atom. The molecule has 0 bridgehead atoms. The Kier molecular flexibility index (Phi) is 6.34. The predicted molar refractivity (Wildman–Crippen MR) is 107 cm³/mol. The van der Waals surface area contributed by atoms with E-state index < -0.39 is 10.0 Å². The van der Waals surface area contributed by atoms with Crippen LogP contribution in [0.2, 0.25) is 0 Å². The van der Waals surface area contributed by atoms with Crippen LogP contribution < -0.4 is 0 Å². The lowest BCUT2D eigenvalue weighted by molar-refractivity contribution is 0.181. The van der Waals surface area contributed by atoms with Crippen LogP contribution in [0.4, 0.5) is 0 Å². The number of nitrogens with zero attached hydrogens (tertiary/aromatic N) is 4. The molecular weight excluding hydrogens is 360 g/mol. The van der Waals surface area contributed by atoms with Gasteiger partial charge in [0.05, 0.1) is 11.1 Å². The van der Waals surface area contributed by atoms with Crippen molar-refractivity contribution in [1.82, 2.24) is 19.0 Å². The molecule has 1 aromatic carbocycles. The van der Waals surface area contributed by atoms with Gasteiger partial charge in [0, 0.05) is 50.5 Å². The highest BCUT2D eigenvalue weighted by Crippen LogP contribution is 2.20. The first-order valence-corrected chi connectivity index (χ1v) is 11.2. The minimum absolute atomic E-state index is 0.399. The lowest BCUT2D eigenvalue weighted by Crippen LogP contribution is -2.48. The lowest BCUT2D eigenvalue weighted by Gasteiger charge is -2.33. The van der Waals surface area contributed by atoms with E-state index in [-0.39, 0.29) is 0 Å². The molecule has 1 aromatic heterocycles. The third-order valence-corrected chi connectivity index (χ3v) is 7.24. The zero-order chi connectivity index (χ0) is 19.4. The summed E-state index contributed by atoms with van der Waals surface area (Å²) in [5, 5.41) is 4.40. The quantitative estimate of drug-likeness (QED) is 0.729. The number of hydrogen-bond donors (Lipinski definition) is 0. The van der Waals surface area contributed by atoms with Crippen molar-refractivity contribution in [3.8, 4) is 0 Å². The van der Waals surface area contributed by atoms with Gasteiger partial charge in [-0.25, -0.2) is 8.42 Å². The van der Waals surface area contributed by atoms with E-state index in [0.717, 1.165) is 39.0 Å².